The highest BCUT2D eigenvalue weighted by Crippen LogP contribution is 2.14. The number of rotatable bonds is 2. The Hall–Kier alpha value is -0.380. The van der Waals surface area contributed by atoms with Crippen molar-refractivity contribution in [3.63, 3.8) is 0 Å². The summed E-state index contributed by atoms with van der Waals surface area (Å²) in [5.41, 5.74) is 5.96. The van der Waals surface area contributed by atoms with Crippen molar-refractivity contribution >= 4 is 0 Å². The topological polar surface area (TPSA) is 58.3 Å². The fourth-order valence-electron chi connectivity index (χ4n) is 1.40. The molecule has 3 atom stereocenters. The van der Waals surface area contributed by atoms with Crippen LogP contribution in [0.5, 0.6) is 0 Å². The Morgan fingerprint density at radius 2 is 2.17 bits per heavy atom. The van der Waals surface area contributed by atoms with Crippen molar-refractivity contribution in [1.82, 2.24) is 5.32 Å². The van der Waals surface area contributed by atoms with Gasteiger partial charge in [-0.15, -0.1) is 0 Å². The molecule has 3 heteroatoms. The van der Waals surface area contributed by atoms with Crippen molar-refractivity contribution in [3.8, 4) is 0 Å². The third-order valence-corrected chi connectivity index (χ3v) is 2.37. The van der Waals surface area contributed by atoms with Gasteiger partial charge < -0.3 is 10.8 Å². The van der Waals surface area contributed by atoms with Crippen LogP contribution in [0.25, 0.3) is 0 Å². The molecule has 0 aromatic heterocycles. The van der Waals surface area contributed by atoms with E-state index in [-0.39, 0.29) is 6.04 Å². The average molecular weight is 170 g/mol. The Bertz CT molecular complexity index is 168. The molecule has 4 N–H and O–H groups in total. The van der Waals surface area contributed by atoms with Crippen LogP contribution in [0.2, 0.25) is 0 Å². The minimum Gasteiger partial charge on any atom is -0.375 e. The van der Waals surface area contributed by atoms with Gasteiger partial charge in [-0.05, 0) is 12.0 Å². The van der Waals surface area contributed by atoms with Gasteiger partial charge in [-0.2, -0.15) is 0 Å². The van der Waals surface area contributed by atoms with Crippen LogP contribution in [0.1, 0.15) is 13.8 Å². The Balaban J connectivity index is 2.49. The fourth-order valence-corrected chi connectivity index (χ4v) is 1.40. The number of nitrogens with one attached hydrogen (secondary N) is 1. The zero-order valence-corrected chi connectivity index (χ0v) is 7.70. The predicted octanol–water partition coefficient (Wildman–Crippen LogP) is 0.0637. The standard InChI is InChI=1S/C9H18N2O/c1-6(2)9(10)7-3-4-8(12)11-5-7/h3-4,6-9,11-12H,5,10H2,1-2H3. The van der Waals surface area contributed by atoms with E-state index in [0.717, 1.165) is 6.54 Å². The lowest BCUT2D eigenvalue weighted by Crippen LogP contribution is -2.44. The first-order chi connectivity index (χ1) is 5.61. The first-order valence-electron chi connectivity index (χ1n) is 4.46. The molecule has 1 aliphatic heterocycles. The Labute approximate surface area is 73.6 Å². The first kappa shape index (κ1) is 9.71. The largest absolute Gasteiger partial charge is 0.375 e. The molecule has 0 saturated carbocycles. The van der Waals surface area contributed by atoms with Crippen LogP contribution in [-0.4, -0.2) is 23.9 Å². The molecule has 0 aromatic rings. The smallest absolute Gasteiger partial charge is 0.124 e. The van der Waals surface area contributed by atoms with Crippen molar-refractivity contribution in [1.29, 1.82) is 0 Å². The maximum absolute atomic E-state index is 9.11. The van der Waals surface area contributed by atoms with Crippen LogP contribution in [0.4, 0.5) is 0 Å². The SMILES string of the molecule is CC(C)C(N)C1C=CC(O)NC1. The molecule has 0 fully saturated rings. The molecule has 12 heavy (non-hydrogen) atoms. The number of hydrogen-bond donors (Lipinski definition) is 3. The van der Waals surface area contributed by atoms with Crippen LogP contribution in [0.3, 0.4) is 0 Å². The summed E-state index contributed by atoms with van der Waals surface area (Å²) in [6.45, 7) is 5.00. The van der Waals surface area contributed by atoms with Crippen LogP contribution < -0.4 is 11.1 Å². The minimum absolute atomic E-state index is 0.182. The maximum atomic E-state index is 9.11. The minimum atomic E-state index is -0.486. The van der Waals surface area contributed by atoms with Crippen molar-refractivity contribution < 1.29 is 5.11 Å². The summed E-state index contributed by atoms with van der Waals surface area (Å²) in [4.78, 5) is 0. The van der Waals surface area contributed by atoms with Gasteiger partial charge in [-0.1, -0.05) is 19.9 Å². The van der Waals surface area contributed by atoms with E-state index >= 15 is 0 Å². The molecule has 0 amide bonds. The molecule has 0 radical (unpaired) electrons. The zero-order chi connectivity index (χ0) is 9.14. The van der Waals surface area contributed by atoms with Crippen LogP contribution in [0, 0.1) is 11.8 Å². The lowest BCUT2D eigenvalue weighted by Gasteiger charge is -2.28. The summed E-state index contributed by atoms with van der Waals surface area (Å²) in [6, 6.07) is 0.182. The molecule has 0 aromatic carbocycles. The van der Waals surface area contributed by atoms with Gasteiger partial charge in [0.1, 0.15) is 6.23 Å². The van der Waals surface area contributed by atoms with Gasteiger partial charge in [0.05, 0.1) is 0 Å². The van der Waals surface area contributed by atoms with Crippen molar-refractivity contribution in [3.05, 3.63) is 12.2 Å². The molecule has 70 valence electrons. The predicted molar refractivity (Wildman–Crippen MR) is 49.5 cm³/mol. The van der Waals surface area contributed by atoms with Gasteiger partial charge in [0.15, 0.2) is 0 Å². The van der Waals surface area contributed by atoms with E-state index in [1.54, 1.807) is 6.08 Å². The van der Waals surface area contributed by atoms with E-state index < -0.39 is 6.23 Å². The van der Waals surface area contributed by atoms with Crippen LogP contribution in [-0.2, 0) is 0 Å². The third kappa shape index (κ3) is 2.30. The molecule has 0 bridgehead atoms. The maximum Gasteiger partial charge on any atom is 0.124 e. The number of hydrogen-bond acceptors (Lipinski definition) is 3. The molecule has 1 aliphatic rings. The zero-order valence-electron chi connectivity index (χ0n) is 7.70. The molecular formula is C9H18N2O. The van der Waals surface area contributed by atoms with Gasteiger partial charge in [0.25, 0.3) is 0 Å². The summed E-state index contributed by atoms with van der Waals surface area (Å²) in [5.74, 6) is 0.838. The van der Waals surface area contributed by atoms with Gasteiger partial charge in [-0.25, -0.2) is 0 Å². The quantitative estimate of drug-likeness (QED) is 0.514. The Kier molecular flexibility index (Phi) is 3.26. The van der Waals surface area contributed by atoms with E-state index in [1.165, 1.54) is 0 Å². The molecule has 3 unspecified atom stereocenters. The summed E-state index contributed by atoms with van der Waals surface area (Å²) in [6.07, 6.45) is 3.28. The molecule has 1 heterocycles. The number of aliphatic hydroxyl groups excluding tert-OH is 1. The second kappa shape index (κ2) is 4.03. The highest BCUT2D eigenvalue weighted by molar-refractivity contribution is 5.02. The summed E-state index contributed by atoms with van der Waals surface area (Å²) < 4.78 is 0. The highest BCUT2D eigenvalue weighted by atomic mass is 16.3. The highest BCUT2D eigenvalue weighted by Gasteiger charge is 2.21. The van der Waals surface area contributed by atoms with E-state index in [0.29, 0.717) is 11.8 Å². The third-order valence-electron chi connectivity index (χ3n) is 2.37. The fraction of sp³-hybridized carbons (Fsp3) is 0.778. The molecule has 0 aliphatic carbocycles. The summed E-state index contributed by atoms with van der Waals surface area (Å²) in [5, 5.41) is 12.1. The normalized spacial score (nSPS) is 32.4. The van der Waals surface area contributed by atoms with Gasteiger partial charge in [0, 0.05) is 18.5 Å². The second-order valence-electron chi connectivity index (χ2n) is 3.72. The van der Waals surface area contributed by atoms with Crippen molar-refractivity contribution in [2.24, 2.45) is 17.6 Å². The summed E-state index contributed by atoms with van der Waals surface area (Å²) >= 11 is 0. The van der Waals surface area contributed by atoms with Gasteiger partial charge in [-0.3, -0.25) is 5.32 Å². The molecule has 0 spiro atoms. The molecule has 1 rings (SSSR count). The average Bonchev–Trinajstić information content (AvgIpc) is 2.04. The van der Waals surface area contributed by atoms with Crippen LogP contribution >= 0.6 is 0 Å². The van der Waals surface area contributed by atoms with Gasteiger partial charge in [0.2, 0.25) is 0 Å². The number of nitrogens with two attached hydrogens (primary N) is 1. The van der Waals surface area contributed by atoms with Crippen molar-refractivity contribution in [2.75, 3.05) is 6.54 Å². The van der Waals surface area contributed by atoms with Gasteiger partial charge >= 0.3 is 0 Å². The molecule has 3 nitrogen and oxygen atoms in total. The molecule has 0 saturated heterocycles. The lowest BCUT2D eigenvalue weighted by molar-refractivity contribution is 0.165. The van der Waals surface area contributed by atoms with E-state index in [1.807, 2.05) is 6.08 Å². The van der Waals surface area contributed by atoms with Crippen molar-refractivity contribution in [2.45, 2.75) is 26.1 Å². The second-order valence-corrected chi connectivity index (χ2v) is 3.72. The van der Waals surface area contributed by atoms with Crippen LogP contribution in [0.15, 0.2) is 12.2 Å². The van der Waals surface area contributed by atoms with E-state index in [9.17, 15) is 0 Å². The van der Waals surface area contributed by atoms with E-state index in [4.69, 9.17) is 10.8 Å². The Morgan fingerprint density at radius 3 is 2.58 bits per heavy atom. The van der Waals surface area contributed by atoms with E-state index in [2.05, 4.69) is 19.2 Å². The number of aliphatic hydroxyl groups is 1. The molecular weight excluding hydrogens is 152 g/mol. The lowest BCUT2D eigenvalue weighted by atomic mass is 9.89. The summed E-state index contributed by atoms with van der Waals surface area (Å²) in [7, 11) is 0. The first-order valence-corrected chi connectivity index (χ1v) is 4.46. The Morgan fingerprint density at radius 1 is 1.50 bits per heavy atom. The monoisotopic (exact) mass is 170 g/mol.